The molecule has 0 bridgehead atoms. The number of fused-ring (bicyclic) bond motifs is 9. The lowest BCUT2D eigenvalue weighted by atomic mass is 9.82. The van der Waals surface area contributed by atoms with Crippen LogP contribution in [0.3, 0.4) is 0 Å². The van der Waals surface area contributed by atoms with E-state index in [9.17, 15) is 0 Å². The maximum atomic E-state index is 6.55. The van der Waals surface area contributed by atoms with Crippen molar-refractivity contribution >= 4 is 60.9 Å². The summed E-state index contributed by atoms with van der Waals surface area (Å²) in [7, 11) is 0. The van der Waals surface area contributed by atoms with E-state index in [1.54, 1.807) is 0 Å². The zero-order valence-electron chi connectivity index (χ0n) is 39.5. The van der Waals surface area contributed by atoms with Gasteiger partial charge in [0.15, 0.2) is 17.5 Å². The summed E-state index contributed by atoms with van der Waals surface area (Å²) in [6, 6.07) is 80.9. The Balaban J connectivity index is 0.883. The summed E-state index contributed by atoms with van der Waals surface area (Å²) in [6.07, 6.45) is 0. The first-order valence-electron chi connectivity index (χ1n) is 24.4. The Morgan fingerprint density at radius 2 is 0.903 bits per heavy atom. The molecule has 72 heavy (non-hydrogen) atoms. The van der Waals surface area contributed by atoms with Gasteiger partial charge in [-0.25, -0.2) is 15.0 Å². The summed E-state index contributed by atoms with van der Waals surface area (Å²) in [5.74, 6) is 1.82. The molecule has 0 saturated heterocycles. The van der Waals surface area contributed by atoms with Gasteiger partial charge in [-0.1, -0.05) is 190 Å². The molecule has 3 heterocycles. The zero-order chi connectivity index (χ0) is 47.9. The summed E-state index contributed by atoms with van der Waals surface area (Å²) in [4.78, 5) is 17.6. The van der Waals surface area contributed by atoms with Crippen molar-refractivity contribution in [3.05, 3.63) is 242 Å². The molecule has 1 aliphatic carbocycles. The Labute approximate surface area is 416 Å². The van der Waals surface area contributed by atoms with Gasteiger partial charge in [0.2, 0.25) is 0 Å². The molecular formula is C66H44N4O2. The Kier molecular flexibility index (Phi) is 9.45. The molecule has 340 valence electrons. The van der Waals surface area contributed by atoms with Gasteiger partial charge in [-0.2, -0.15) is 0 Å². The van der Waals surface area contributed by atoms with Crippen LogP contribution in [0.4, 0.5) is 17.1 Å². The van der Waals surface area contributed by atoms with Gasteiger partial charge in [-0.05, 0) is 88.0 Å². The van der Waals surface area contributed by atoms with E-state index in [4.69, 9.17) is 23.8 Å². The zero-order valence-corrected chi connectivity index (χ0v) is 39.5. The highest BCUT2D eigenvalue weighted by molar-refractivity contribution is 6.13. The second kappa shape index (κ2) is 16.4. The Hall–Kier alpha value is -9.39. The van der Waals surface area contributed by atoms with Crippen LogP contribution in [0.2, 0.25) is 0 Å². The maximum Gasteiger partial charge on any atom is 0.164 e. The molecule has 0 radical (unpaired) electrons. The van der Waals surface area contributed by atoms with Crippen LogP contribution in [-0.4, -0.2) is 15.0 Å². The van der Waals surface area contributed by atoms with Gasteiger partial charge in [0, 0.05) is 66.2 Å². The van der Waals surface area contributed by atoms with Crippen molar-refractivity contribution in [2.24, 2.45) is 0 Å². The van der Waals surface area contributed by atoms with E-state index in [0.29, 0.717) is 17.5 Å². The molecule has 6 heteroatoms. The van der Waals surface area contributed by atoms with Gasteiger partial charge in [-0.3, -0.25) is 0 Å². The molecule has 0 spiro atoms. The third-order valence-corrected chi connectivity index (χ3v) is 14.6. The minimum absolute atomic E-state index is 0.153. The fourth-order valence-corrected chi connectivity index (χ4v) is 11.0. The number of furan rings is 2. The minimum atomic E-state index is -0.153. The van der Waals surface area contributed by atoms with E-state index >= 15 is 0 Å². The van der Waals surface area contributed by atoms with Gasteiger partial charge >= 0.3 is 0 Å². The summed E-state index contributed by atoms with van der Waals surface area (Å²) in [5.41, 5.74) is 18.7. The topological polar surface area (TPSA) is 68.2 Å². The SMILES string of the molecule is CC1(C)c2ccccc2-c2c(N(c3ccc(-c4ccc5oc6cccc(-c7nc(-c8ccccc8)nc(-c8ccccc8)n7)c6c5c4)cc3)c3ccc(-c4cccc5c4oc4ccccc45)cc3)cccc21. The van der Waals surface area contributed by atoms with E-state index < -0.39 is 0 Å². The highest BCUT2D eigenvalue weighted by atomic mass is 16.3. The normalized spacial score (nSPS) is 12.7. The monoisotopic (exact) mass is 924 g/mol. The number of hydrogen-bond donors (Lipinski definition) is 0. The fraction of sp³-hybridized carbons (Fsp3) is 0.0455. The first-order valence-corrected chi connectivity index (χ1v) is 24.4. The number of hydrogen-bond acceptors (Lipinski definition) is 6. The third kappa shape index (κ3) is 6.68. The average Bonchev–Trinajstić information content (AvgIpc) is 4.09. The lowest BCUT2D eigenvalue weighted by Crippen LogP contribution is -2.16. The van der Waals surface area contributed by atoms with Gasteiger partial charge in [0.05, 0.1) is 5.69 Å². The molecule has 0 aliphatic heterocycles. The molecule has 0 N–H and O–H groups in total. The quantitative estimate of drug-likeness (QED) is 0.151. The van der Waals surface area contributed by atoms with Crippen LogP contribution in [0.1, 0.15) is 25.0 Å². The van der Waals surface area contributed by atoms with Crippen molar-refractivity contribution < 1.29 is 8.83 Å². The number of anilines is 3. The van der Waals surface area contributed by atoms with E-state index in [0.717, 1.165) is 99.9 Å². The van der Waals surface area contributed by atoms with Crippen molar-refractivity contribution in [2.45, 2.75) is 19.3 Å². The standard InChI is InChI=1S/C66H44N4O2/c1-66(2)54-25-11-9-21-51(54)61-55(66)26-15-27-56(61)70(47-37-32-42(33-38-47)48-22-13-23-50-49-20-10-12-28-57(49)72-62(48)50)46-35-30-41(31-36-46)45-34-39-58-53(40-45)60-52(24-14-29-59(60)71-58)65-68-63(43-16-5-3-6-17-43)67-64(69-65)44-18-7-4-8-19-44/h3-40H,1-2H3. The molecule has 0 atom stereocenters. The first-order chi connectivity index (χ1) is 35.4. The second-order valence-electron chi connectivity index (χ2n) is 19.1. The summed E-state index contributed by atoms with van der Waals surface area (Å²) in [5, 5.41) is 4.20. The number of aromatic nitrogens is 3. The van der Waals surface area contributed by atoms with Gasteiger partial charge < -0.3 is 13.7 Å². The van der Waals surface area contributed by atoms with Crippen LogP contribution < -0.4 is 4.90 Å². The molecular weight excluding hydrogens is 881 g/mol. The summed E-state index contributed by atoms with van der Waals surface area (Å²) >= 11 is 0. The van der Waals surface area contributed by atoms with Crippen LogP contribution in [0.5, 0.6) is 0 Å². The van der Waals surface area contributed by atoms with E-state index in [2.05, 4.69) is 164 Å². The predicted octanol–water partition coefficient (Wildman–Crippen LogP) is 17.8. The molecule has 14 rings (SSSR count). The highest BCUT2D eigenvalue weighted by Crippen LogP contribution is 2.54. The molecule has 3 aromatic heterocycles. The van der Waals surface area contributed by atoms with Crippen LogP contribution in [0.25, 0.3) is 111 Å². The molecule has 0 fully saturated rings. The lowest BCUT2D eigenvalue weighted by molar-refractivity contribution is 0.660. The van der Waals surface area contributed by atoms with Gasteiger partial charge in [-0.15, -0.1) is 0 Å². The van der Waals surface area contributed by atoms with E-state index in [-0.39, 0.29) is 5.41 Å². The minimum Gasteiger partial charge on any atom is -0.456 e. The number of benzene rings is 10. The van der Waals surface area contributed by atoms with Crippen molar-refractivity contribution in [1.82, 2.24) is 15.0 Å². The molecule has 10 aromatic carbocycles. The third-order valence-electron chi connectivity index (χ3n) is 14.6. The Morgan fingerprint density at radius 1 is 0.361 bits per heavy atom. The largest absolute Gasteiger partial charge is 0.456 e. The average molecular weight is 925 g/mol. The molecule has 0 amide bonds. The highest BCUT2D eigenvalue weighted by Gasteiger charge is 2.37. The Bertz CT molecular complexity index is 4170. The second-order valence-corrected chi connectivity index (χ2v) is 19.1. The van der Waals surface area contributed by atoms with Crippen LogP contribution >= 0.6 is 0 Å². The van der Waals surface area contributed by atoms with Crippen LogP contribution in [-0.2, 0) is 5.41 Å². The van der Waals surface area contributed by atoms with E-state index in [1.807, 2.05) is 84.9 Å². The van der Waals surface area contributed by atoms with Crippen molar-refractivity contribution in [3.63, 3.8) is 0 Å². The Morgan fingerprint density at radius 3 is 1.65 bits per heavy atom. The lowest BCUT2D eigenvalue weighted by Gasteiger charge is -2.29. The molecule has 13 aromatic rings. The van der Waals surface area contributed by atoms with E-state index in [1.165, 1.54) is 22.3 Å². The van der Waals surface area contributed by atoms with Crippen LogP contribution in [0.15, 0.2) is 239 Å². The van der Waals surface area contributed by atoms with Crippen molar-refractivity contribution in [3.8, 4) is 67.5 Å². The molecule has 6 nitrogen and oxygen atoms in total. The van der Waals surface area contributed by atoms with Crippen molar-refractivity contribution in [2.75, 3.05) is 4.90 Å². The van der Waals surface area contributed by atoms with Crippen LogP contribution in [0, 0.1) is 0 Å². The molecule has 0 unspecified atom stereocenters. The fourth-order valence-electron chi connectivity index (χ4n) is 11.0. The number of rotatable bonds is 8. The maximum absolute atomic E-state index is 6.55. The van der Waals surface area contributed by atoms with Crippen molar-refractivity contribution in [1.29, 1.82) is 0 Å². The number of nitrogens with zero attached hydrogens (tertiary/aromatic N) is 4. The first kappa shape index (κ1) is 41.6. The van der Waals surface area contributed by atoms with Gasteiger partial charge in [0.1, 0.15) is 22.3 Å². The molecule has 1 aliphatic rings. The summed E-state index contributed by atoms with van der Waals surface area (Å²) < 4.78 is 13.0. The summed E-state index contributed by atoms with van der Waals surface area (Å²) in [6.45, 7) is 4.68. The van der Waals surface area contributed by atoms with Gasteiger partial charge in [0.25, 0.3) is 0 Å². The number of para-hydroxylation sites is 2. The smallest absolute Gasteiger partial charge is 0.164 e. The predicted molar refractivity (Wildman–Crippen MR) is 294 cm³/mol. The molecule has 0 saturated carbocycles.